The van der Waals surface area contributed by atoms with Crippen LogP contribution in [0.1, 0.15) is 10.4 Å². The number of aryl methyl sites for hydroxylation is 2. The fourth-order valence-electron chi connectivity index (χ4n) is 1.84. The van der Waals surface area contributed by atoms with Crippen molar-refractivity contribution < 1.29 is 8.78 Å². The second-order valence-electron chi connectivity index (χ2n) is 3.88. The molecule has 1 unspecified atom stereocenters. The van der Waals surface area contributed by atoms with Gasteiger partial charge in [0, 0.05) is 14.1 Å². The van der Waals surface area contributed by atoms with Crippen LogP contribution in [0.25, 0.3) is 11.0 Å². The molecule has 0 radical (unpaired) electrons. The van der Waals surface area contributed by atoms with Gasteiger partial charge in [0.25, 0.3) is 6.43 Å². The van der Waals surface area contributed by atoms with Gasteiger partial charge in [-0.2, -0.15) is 0 Å². The zero-order chi connectivity index (χ0) is 12.7. The van der Waals surface area contributed by atoms with Gasteiger partial charge in [-0.25, -0.2) is 13.6 Å². The molecule has 1 aromatic carbocycles. The minimum absolute atomic E-state index is 0.166. The summed E-state index contributed by atoms with van der Waals surface area (Å²) in [6.07, 6.45) is -2.48. The Kier molecular flexibility index (Phi) is 3.07. The van der Waals surface area contributed by atoms with Crippen molar-refractivity contribution in [2.24, 2.45) is 14.1 Å². The molecule has 2 aromatic rings. The summed E-state index contributed by atoms with van der Waals surface area (Å²) in [6, 6.07) is 4.90. The van der Waals surface area contributed by atoms with Gasteiger partial charge in [0.2, 0.25) is 0 Å². The van der Waals surface area contributed by atoms with Crippen molar-refractivity contribution >= 4 is 27.0 Å². The smallest absolute Gasteiger partial charge is 0.295 e. The molecule has 0 N–H and O–H groups in total. The number of aromatic nitrogens is 2. The Morgan fingerprint density at radius 2 is 1.76 bits per heavy atom. The molecule has 1 heterocycles. The fourth-order valence-corrected chi connectivity index (χ4v) is 2.13. The summed E-state index contributed by atoms with van der Waals surface area (Å²) in [7, 11) is 3.28. The van der Waals surface area contributed by atoms with Gasteiger partial charge in [0.1, 0.15) is 4.83 Å². The molecule has 0 aliphatic carbocycles. The second kappa shape index (κ2) is 4.25. The lowest BCUT2D eigenvalue weighted by Crippen LogP contribution is -2.19. The maximum absolute atomic E-state index is 12.6. The predicted molar refractivity (Wildman–Crippen MR) is 65.8 cm³/mol. The first kappa shape index (κ1) is 12.3. The second-order valence-corrected chi connectivity index (χ2v) is 4.87. The first-order valence-electron chi connectivity index (χ1n) is 5.01. The van der Waals surface area contributed by atoms with E-state index in [4.69, 9.17) is 0 Å². The van der Waals surface area contributed by atoms with Crippen molar-refractivity contribution in [2.75, 3.05) is 0 Å². The third-order valence-corrected chi connectivity index (χ3v) is 3.76. The molecule has 1 atom stereocenters. The third kappa shape index (κ3) is 1.90. The zero-order valence-corrected chi connectivity index (χ0v) is 10.9. The Balaban J connectivity index is 2.66. The number of alkyl halides is 3. The number of benzene rings is 1. The van der Waals surface area contributed by atoms with Crippen LogP contribution in [-0.2, 0) is 14.1 Å². The minimum Gasteiger partial charge on any atom is -0.295 e. The van der Waals surface area contributed by atoms with Gasteiger partial charge in [-0.3, -0.25) is 9.13 Å². The summed E-state index contributed by atoms with van der Waals surface area (Å²) in [4.78, 5) is 10.7. The summed E-state index contributed by atoms with van der Waals surface area (Å²) in [5, 5.41) is 0. The Bertz CT molecular complexity index is 618. The van der Waals surface area contributed by atoms with E-state index in [1.54, 1.807) is 32.3 Å². The molecule has 92 valence electrons. The normalized spacial score (nSPS) is 13.5. The fraction of sp³-hybridized carbons (Fsp3) is 0.364. The number of fused-ring (bicyclic) bond motifs is 1. The number of rotatable bonds is 2. The van der Waals surface area contributed by atoms with E-state index in [2.05, 4.69) is 15.9 Å². The first-order chi connectivity index (χ1) is 7.93. The van der Waals surface area contributed by atoms with Gasteiger partial charge in [-0.1, -0.05) is 22.0 Å². The van der Waals surface area contributed by atoms with Gasteiger partial charge in [-0.15, -0.1) is 0 Å². The molecule has 0 aliphatic rings. The maximum Gasteiger partial charge on any atom is 0.328 e. The molecule has 0 amide bonds. The van der Waals surface area contributed by atoms with E-state index in [0.29, 0.717) is 11.1 Å². The van der Waals surface area contributed by atoms with Crippen LogP contribution in [0.4, 0.5) is 8.78 Å². The summed E-state index contributed by atoms with van der Waals surface area (Å²) in [5.74, 6) is 0. The Labute approximate surface area is 105 Å². The van der Waals surface area contributed by atoms with Crippen molar-refractivity contribution in [3.8, 4) is 0 Å². The standard InChI is InChI=1S/C11H11BrF2N2O/c1-15-7-4-3-6(9(12)10(13)14)5-8(7)16(2)11(15)17/h3-5,9-10H,1-2H3. The largest absolute Gasteiger partial charge is 0.328 e. The molecule has 1 aromatic heterocycles. The average Bonchev–Trinajstić information content (AvgIpc) is 2.53. The molecular weight excluding hydrogens is 294 g/mol. The number of hydrogen-bond acceptors (Lipinski definition) is 1. The van der Waals surface area contributed by atoms with Crippen LogP contribution < -0.4 is 5.69 Å². The molecule has 3 nitrogen and oxygen atoms in total. The molecule has 6 heteroatoms. The molecule has 0 bridgehead atoms. The quantitative estimate of drug-likeness (QED) is 0.784. The predicted octanol–water partition coefficient (Wildman–Crippen LogP) is 2.58. The topological polar surface area (TPSA) is 26.9 Å². The highest BCUT2D eigenvalue weighted by molar-refractivity contribution is 9.09. The summed E-state index contributed by atoms with van der Waals surface area (Å²) in [5.41, 5.74) is 1.68. The van der Waals surface area contributed by atoms with E-state index in [1.807, 2.05) is 0 Å². The number of nitrogens with zero attached hydrogens (tertiary/aromatic N) is 2. The average molecular weight is 305 g/mol. The van der Waals surface area contributed by atoms with Crippen LogP contribution in [0, 0.1) is 0 Å². The molecular formula is C11H11BrF2N2O. The highest BCUT2D eigenvalue weighted by Crippen LogP contribution is 2.31. The van der Waals surface area contributed by atoms with Gasteiger partial charge >= 0.3 is 5.69 Å². The van der Waals surface area contributed by atoms with Crippen molar-refractivity contribution in [3.63, 3.8) is 0 Å². The summed E-state index contributed by atoms with van der Waals surface area (Å²) >= 11 is 2.94. The Hall–Kier alpha value is -1.17. The van der Waals surface area contributed by atoms with Crippen molar-refractivity contribution in [2.45, 2.75) is 11.3 Å². The highest BCUT2D eigenvalue weighted by Gasteiger charge is 2.20. The summed E-state index contributed by atoms with van der Waals surface area (Å²) < 4.78 is 28.1. The zero-order valence-electron chi connectivity index (χ0n) is 9.32. The van der Waals surface area contributed by atoms with E-state index in [-0.39, 0.29) is 5.69 Å². The van der Waals surface area contributed by atoms with Gasteiger partial charge in [-0.05, 0) is 17.7 Å². The third-order valence-electron chi connectivity index (χ3n) is 2.84. The van der Waals surface area contributed by atoms with Crippen LogP contribution in [0.3, 0.4) is 0 Å². The monoisotopic (exact) mass is 304 g/mol. The van der Waals surface area contributed by atoms with E-state index in [0.717, 1.165) is 5.52 Å². The van der Waals surface area contributed by atoms with Gasteiger partial charge in [0.15, 0.2) is 0 Å². The molecule has 0 spiro atoms. The van der Waals surface area contributed by atoms with Crippen LogP contribution in [0.2, 0.25) is 0 Å². The minimum atomic E-state index is -2.48. The van der Waals surface area contributed by atoms with Crippen LogP contribution in [0.15, 0.2) is 23.0 Å². The van der Waals surface area contributed by atoms with E-state index < -0.39 is 11.3 Å². The summed E-state index contributed by atoms with van der Waals surface area (Å²) in [6.45, 7) is 0. The van der Waals surface area contributed by atoms with E-state index >= 15 is 0 Å². The van der Waals surface area contributed by atoms with Crippen molar-refractivity contribution in [3.05, 3.63) is 34.2 Å². The highest BCUT2D eigenvalue weighted by atomic mass is 79.9. The maximum atomic E-state index is 12.6. The van der Waals surface area contributed by atoms with E-state index in [1.165, 1.54) is 9.13 Å². The molecule has 0 saturated heterocycles. The van der Waals surface area contributed by atoms with Crippen molar-refractivity contribution in [1.82, 2.24) is 9.13 Å². The lowest BCUT2D eigenvalue weighted by Gasteiger charge is -2.09. The SMILES string of the molecule is Cn1c(=O)n(C)c2cc(C(Br)C(F)F)ccc21. The van der Waals surface area contributed by atoms with Gasteiger partial charge < -0.3 is 0 Å². The van der Waals surface area contributed by atoms with Crippen molar-refractivity contribution in [1.29, 1.82) is 0 Å². The molecule has 0 saturated carbocycles. The van der Waals surface area contributed by atoms with Crippen LogP contribution in [0.5, 0.6) is 0 Å². The molecule has 0 aliphatic heterocycles. The lowest BCUT2D eigenvalue weighted by molar-refractivity contribution is 0.147. The Morgan fingerprint density at radius 1 is 1.18 bits per heavy atom. The molecule has 17 heavy (non-hydrogen) atoms. The Morgan fingerprint density at radius 3 is 2.35 bits per heavy atom. The van der Waals surface area contributed by atoms with Crippen LogP contribution in [-0.4, -0.2) is 15.6 Å². The molecule has 0 fully saturated rings. The molecule has 2 rings (SSSR count). The van der Waals surface area contributed by atoms with E-state index in [9.17, 15) is 13.6 Å². The number of imidazole rings is 1. The van der Waals surface area contributed by atoms with Crippen LogP contribution >= 0.6 is 15.9 Å². The van der Waals surface area contributed by atoms with Gasteiger partial charge in [0.05, 0.1) is 11.0 Å². The number of hydrogen-bond donors (Lipinski definition) is 0. The first-order valence-corrected chi connectivity index (χ1v) is 5.92. The lowest BCUT2D eigenvalue weighted by atomic mass is 10.1. The number of halogens is 3.